The van der Waals surface area contributed by atoms with Gasteiger partial charge < -0.3 is 4.90 Å². The Hall–Kier alpha value is -0.760. The minimum atomic E-state index is 0.482. The molecule has 2 nitrogen and oxygen atoms in total. The number of hydrogen-bond acceptors (Lipinski definition) is 2. The summed E-state index contributed by atoms with van der Waals surface area (Å²) in [7, 11) is 0. The van der Waals surface area contributed by atoms with Crippen LogP contribution in [0.1, 0.15) is 37.9 Å². The zero-order valence-corrected chi connectivity index (χ0v) is 11.7. The predicted molar refractivity (Wildman–Crippen MR) is 73.8 cm³/mol. The van der Waals surface area contributed by atoms with Crippen LogP contribution < -0.4 is 4.90 Å². The Morgan fingerprint density at radius 2 is 1.94 bits per heavy atom. The first-order valence-electron chi connectivity index (χ1n) is 6.29. The maximum absolute atomic E-state index is 5.91. The highest BCUT2D eigenvalue weighted by molar-refractivity contribution is 6.17. The normalized spacial score (nSPS) is 19.4. The fourth-order valence-corrected chi connectivity index (χ4v) is 2.46. The number of halogens is 1. The van der Waals surface area contributed by atoms with Gasteiger partial charge in [-0.3, -0.25) is 0 Å². The molecule has 0 aliphatic carbocycles. The fraction of sp³-hybridized carbons (Fsp3) is 0.643. The third kappa shape index (κ3) is 3.12. The van der Waals surface area contributed by atoms with Crippen LogP contribution in [0.5, 0.6) is 0 Å². The van der Waals surface area contributed by atoms with Crippen LogP contribution in [0.2, 0.25) is 0 Å². The van der Waals surface area contributed by atoms with Gasteiger partial charge in [0.15, 0.2) is 0 Å². The SMILES string of the molecule is Cc1cc(CCl)cc(N2CCC(C)(C)CC2)n1. The third-order valence-corrected chi connectivity index (χ3v) is 3.90. The van der Waals surface area contributed by atoms with Gasteiger partial charge in [-0.1, -0.05) is 13.8 Å². The largest absolute Gasteiger partial charge is 0.357 e. The highest BCUT2D eigenvalue weighted by Gasteiger charge is 2.26. The number of aromatic nitrogens is 1. The number of nitrogens with zero attached hydrogens (tertiary/aromatic N) is 2. The first-order valence-corrected chi connectivity index (χ1v) is 6.82. The molecule has 2 rings (SSSR count). The summed E-state index contributed by atoms with van der Waals surface area (Å²) in [5.74, 6) is 1.66. The number of rotatable bonds is 2. The van der Waals surface area contributed by atoms with E-state index in [4.69, 9.17) is 11.6 Å². The first-order chi connectivity index (χ1) is 8.00. The molecule has 0 N–H and O–H groups in total. The van der Waals surface area contributed by atoms with Crippen molar-refractivity contribution in [2.24, 2.45) is 5.41 Å². The molecule has 0 unspecified atom stereocenters. The number of hydrogen-bond donors (Lipinski definition) is 0. The molecule has 17 heavy (non-hydrogen) atoms. The fourth-order valence-electron chi connectivity index (χ4n) is 2.30. The number of anilines is 1. The average Bonchev–Trinajstić information content (AvgIpc) is 2.28. The number of alkyl halides is 1. The van der Waals surface area contributed by atoms with Gasteiger partial charge in [-0.25, -0.2) is 4.98 Å². The summed E-state index contributed by atoms with van der Waals surface area (Å²) in [6.45, 7) is 8.93. The number of piperidine rings is 1. The second-order valence-corrected chi connectivity index (χ2v) is 6.03. The molecule has 0 saturated carbocycles. The second kappa shape index (κ2) is 4.85. The Kier molecular flexibility index (Phi) is 3.62. The lowest BCUT2D eigenvalue weighted by molar-refractivity contribution is 0.279. The molecule has 1 aromatic heterocycles. The molecule has 0 atom stereocenters. The lowest BCUT2D eigenvalue weighted by atomic mass is 9.83. The Balaban J connectivity index is 2.15. The van der Waals surface area contributed by atoms with Crippen molar-refractivity contribution in [2.45, 2.75) is 39.5 Å². The van der Waals surface area contributed by atoms with E-state index in [1.807, 2.05) is 6.92 Å². The standard InChI is InChI=1S/C14H21ClN2/c1-11-8-12(10-15)9-13(16-11)17-6-4-14(2,3)5-7-17/h8-9H,4-7,10H2,1-3H3. The zero-order chi connectivity index (χ0) is 12.5. The molecule has 0 amide bonds. The van der Waals surface area contributed by atoms with E-state index in [0.29, 0.717) is 11.3 Å². The van der Waals surface area contributed by atoms with Gasteiger partial charge in [0, 0.05) is 24.7 Å². The van der Waals surface area contributed by atoms with Gasteiger partial charge in [-0.2, -0.15) is 0 Å². The van der Waals surface area contributed by atoms with Crippen LogP contribution in [0.4, 0.5) is 5.82 Å². The van der Waals surface area contributed by atoms with Crippen LogP contribution in [0, 0.1) is 12.3 Å². The molecular formula is C14H21ClN2. The molecule has 1 aliphatic rings. The van der Waals surface area contributed by atoms with Crippen molar-refractivity contribution in [3.63, 3.8) is 0 Å². The summed E-state index contributed by atoms with van der Waals surface area (Å²) in [5.41, 5.74) is 2.71. The van der Waals surface area contributed by atoms with Gasteiger partial charge in [0.25, 0.3) is 0 Å². The Bertz CT molecular complexity index is 391. The van der Waals surface area contributed by atoms with Gasteiger partial charge in [0.05, 0.1) is 0 Å². The van der Waals surface area contributed by atoms with Crippen molar-refractivity contribution in [3.8, 4) is 0 Å². The third-order valence-electron chi connectivity index (χ3n) is 3.59. The molecule has 94 valence electrons. The van der Waals surface area contributed by atoms with Crippen LogP contribution in [0.3, 0.4) is 0 Å². The van der Waals surface area contributed by atoms with E-state index in [0.717, 1.165) is 24.6 Å². The molecule has 1 aromatic rings. The lowest BCUT2D eigenvalue weighted by Crippen LogP contribution is -2.37. The molecule has 0 bridgehead atoms. The van der Waals surface area contributed by atoms with Crippen LogP contribution in [-0.4, -0.2) is 18.1 Å². The van der Waals surface area contributed by atoms with E-state index < -0.39 is 0 Å². The maximum Gasteiger partial charge on any atom is 0.129 e. The number of aryl methyl sites for hydroxylation is 1. The summed E-state index contributed by atoms with van der Waals surface area (Å²) in [5, 5.41) is 0. The smallest absolute Gasteiger partial charge is 0.129 e. The monoisotopic (exact) mass is 252 g/mol. The molecule has 1 saturated heterocycles. The van der Waals surface area contributed by atoms with Crippen molar-refractivity contribution >= 4 is 17.4 Å². The van der Waals surface area contributed by atoms with E-state index in [2.05, 4.69) is 35.9 Å². The maximum atomic E-state index is 5.91. The van der Waals surface area contributed by atoms with Crippen molar-refractivity contribution in [1.82, 2.24) is 4.98 Å². The molecule has 0 spiro atoms. The van der Waals surface area contributed by atoms with E-state index in [1.54, 1.807) is 0 Å². The molecule has 1 aliphatic heterocycles. The van der Waals surface area contributed by atoms with Crippen molar-refractivity contribution in [1.29, 1.82) is 0 Å². The van der Waals surface area contributed by atoms with Gasteiger partial charge in [0.2, 0.25) is 0 Å². The summed E-state index contributed by atoms with van der Waals surface area (Å²) in [4.78, 5) is 7.00. The summed E-state index contributed by atoms with van der Waals surface area (Å²) in [6, 6.07) is 4.18. The van der Waals surface area contributed by atoms with E-state index in [1.165, 1.54) is 18.4 Å². The van der Waals surface area contributed by atoms with Crippen LogP contribution in [-0.2, 0) is 5.88 Å². The van der Waals surface area contributed by atoms with Crippen LogP contribution in [0.25, 0.3) is 0 Å². The topological polar surface area (TPSA) is 16.1 Å². The van der Waals surface area contributed by atoms with Gasteiger partial charge >= 0.3 is 0 Å². The van der Waals surface area contributed by atoms with Gasteiger partial charge in [-0.05, 0) is 42.9 Å². The van der Waals surface area contributed by atoms with Crippen molar-refractivity contribution in [2.75, 3.05) is 18.0 Å². The minimum absolute atomic E-state index is 0.482. The second-order valence-electron chi connectivity index (χ2n) is 5.76. The first kappa shape index (κ1) is 12.7. The predicted octanol–water partition coefficient (Wildman–Crippen LogP) is 3.76. The van der Waals surface area contributed by atoms with Crippen molar-refractivity contribution in [3.05, 3.63) is 23.4 Å². The van der Waals surface area contributed by atoms with E-state index in [-0.39, 0.29) is 0 Å². The molecule has 0 radical (unpaired) electrons. The quantitative estimate of drug-likeness (QED) is 0.746. The zero-order valence-electron chi connectivity index (χ0n) is 11.0. The van der Waals surface area contributed by atoms with Gasteiger partial charge in [-0.15, -0.1) is 11.6 Å². The van der Waals surface area contributed by atoms with Crippen LogP contribution in [0.15, 0.2) is 12.1 Å². The van der Waals surface area contributed by atoms with Gasteiger partial charge in [0.1, 0.15) is 5.82 Å². The molecule has 3 heteroatoms. The average molecular weight is 253 g/mol. The van der Waals surface area contributed by atoms with Crippen molar-refractivity contribution < 1.29 is 0 Å². The van der Waals surface area contributed by atoms with Crippen LogP contribution >= 0.6 is 11.6 Å². The molecule has 2 heterocycles. The highest BCUT2D eigenvalue weighted by atomic mass is 35.5. The Morgan fingerprint density at radius 3 is 2.53 bits per heavy atom. The molecule has 0 aromatic carbocycles. The van der Waals surface area contributed by atoms with E-state index in [9.17, 15) is 0 Å². The van der Waals surface area contributed by atoms with E-state index >= 15 is 0 Å². The molecular weight excluding hydrogens is 232 g/mol. The summed E-state index contributed by atoms with van der Waals surface area (Å²) < 4.78 is 0. The lowest BCUT2D eigenvalue weighted by Gasteiger charge is -2.37. The summed E-state index contributed by atoms with van der Waals surface area (Å²) in [6.07, 6.45) is 2.47. The Labute approximate surface area is 109 Å². The Morgan fingerprint density at radius 1 is 1.29 bits per heavy atom. The number of pyridine rings is 1. The molecule has 1 fully saturated rings. The highest BCUT2D eigenvalue weighted by Crippen LogP contribution is 2.31. The minimum Gasteiger partial charge on any atom is -0.357 e. The summed E-state index contributed by atoms with van der Waals surface area (Å²) >= 11 is 5.91.